The van der Waals surface area contributed by atoms with E-state index < -0.39 is 0 Å². The zero-order chi connectivity index (χ0) is 24.8. The Morgan fingerprint density at radius 3 is 2.15 bits per heavy atom. The molecule has 0 radical (unpaired) electrons. The number of unbranched alkanes of at least 4 members (excludes halogenated alkanes) is 9. The largest absolute Gasteiger partial charge is 0.508 e. The average molecular weight is 488 g/mol. The highest BCUT2D eigenvalue weighted by Crippen LogP contribution is 2.34. The van der Waals surface area contributed by atoms with Gasteiger partial charge in [0.05, 0.1) is 6.54 Å². The van der Waals surface area contributed by atoms with E-state index in [0.717, 1.165) is 34.9 Å². The first kappa shape index (κ1) is 28.4. The molecule has 0 aliphatic carbocycles. The number of halogens is 1. The Balaban J connectivity index is 1.88. The van der Waals surface area contributed by atoms with Gasteiger partial charge in [-0.15, -0.1) is 0 Å². The standard InChI is InChI=1S/C30H46ClNO2/c1-5-6-7-8-9-10-11-12-13-14-18-27(23-32-25-17-15-16-24(31)21-25)34-26-19-20-29(33)28(22-26)30(2,3)4/h15-17,19-22,27,32-33H,5-14,18,23H2,1-4H3. The Morgan fingerprint density at radius 2 is 1.53 bits per heavy atom. The summed E-state index contributed by atoms with van der Waals surface area (Å²) in [6, 6.07) is 13.4. The van der Waals surface area contributed by atoms with Crippen molar-refractivity contribution in [3.63, 3.8) is 0 Å². The summed E-state index contributed by atoms with van der Waals surface area (Å²) in [6.07, 6.45) is 14.3. The van der Waals surface area contributed by atoms with Crippen molar-refractivity contribution in [2.24, 2.45) is 0 Å². The highest BCUT2D eigenvalue weighted by atomic mass is 35.5. The van der Waals surface area contributed by atoms with Crippen molar-refractivity contribution >= 4 is 17.3 Å². The van der Waals surface area contributed by atoms with E-state index in [1.165, 1.54) is 57.8 Å². The topological polar surface area (TPSA) is 41.5 Å². The molecular formula is C30H46ClNO2. The number of hydrogen-bond acceptors (Lipinski definition) is 3. The second-order valence-electron chi connectivity index (χ2n) is 10.5. The van der Waals surface area contributed by atoms with Gasteiger partial charge < -0.3 is 15.2 Å². The molecule has 0 aromatic heterocycles. The maximum atomic E-state index is 10.3. The van der Waals surface area contributed by atoms with Gasteiger partial charge >= 0.3 is 0 Å². The fourth-order valence-electron chi connectivity index (χ4n) is 4.27. The fourth-order valence-corrected chi connectivity index (χ4v) is 4.46. The van der Waals surface area contributed by atoms with Crippen molar-refractivity contribution in [1.29, 1.82) is 0 Å². The highest BCUT2D eigenvalue weighted by Gasteiger charge is 2.20. The van der Waals surface area contributed by atoms with Crippen molar-refractivity contribution < 1.29 is 9.84 Å². The molecule has 34 heavy (non-hydrogen) atoms. The molecule has 0 aliphatic rings. The second-order valence-corrected chi connectivity index (χ2v) is 11.0. The smallest absolute Gasteiger partial charge is 0.120 e. The van der Waals surface area contributed by atoms with E-state index in [2.05, 4.69) is 33.0 Å². The summed E-state index contributed by atoms with van der Waals surface area (Å²) in [6.45, 7) is 9.30. The van der Waals surface area contributed by atoms with Gasteiger partial charge in [-0.05, 0) is 54.7 Å². The van der Waals surface area contributed by atoms with E-state index in [1.807, 2.05) is 36.4 Å². The van der Waals surface area contributed by atoms with Gasteiger partial charge in [0.1, 0.15) is 17.6 Å². The van der Waals surface area contributed by atoms with Crippen molar-refractivity contribution in [3.05, 3.63) is 53.1 Å². The summed E-state index contributed by atoms with van der Waals surface area (Å²) in [5.74, 6) is 1.14. The molecule has 0 aliphatic heterocycles. The van der Waals surface area contributed by atoms with E-state index >= 15 is 0 Å². The number of hydrogen-bond donors (Lipinski definition) is 2. The quantitative estimate of drug-likeness (QED) is 0.231. The van der Waals surface area contributed by atoms with Crippen LogP contribution in [0.4, 0.5) is 5.69 Å². The molecular weight excluding hydrogens is 442 g/mol. The first-order valence-electron chi connectivity index (χ1n) is 13.3. The minimum atomic E-state index is -0.144. The third-order valence-electron chi connectivity index (χ3n) is 6.32. The van der Waals surface area contributed by atoms with Gasteiger partial charge in [-0.2, -0.15) is 0 Å². The molecule has 0 heterocycles. The predicted molar refractivity (Wildman–Crippen MR) is 148 cm³/mol. The normalized spacial score (nSPS) is 12.5. The Kier molecular flexibility index (Phi) is 12.7. The van der Waals surface area contributed by atoms with Crippen LogP contribution in [0.5, 0.6) is 11.5 Å². The van der Waals surface area contributed by atoms with E-state index in [9.17, 15) is 5.11 Å². The molecule has 0 saturated carbocycles. The number of nitrogens with one attached hydrogen (secondary N) is 1. The maximum Gasteiger partial charge on any atom is 0.120 e. The third kappa shape index (κ3) is 11.0. The van der Waals surface area contributed by atoms with E-state index in [4.69, 9.17) is 16.3 Å². The molecule has 1 atom stereocenters. The minimum Gasteiger partial charge on any atom is -0.508 e. The number of ether oxygens (including phenoxy) is 1. The molecule has 190 valence electrons. The molecule has 0 spiro atoms. The van der Waals surface area contributed by atoms with Gasteiger partial charge in [0.25, 0.3) is 0 Å². The summed E-state index contributed by atoms with van der Waals surface area (Å²) in [5, 5.41) is 14.5. The van der Waals surface area contributed by atoms with Crippen LogP contribution in [0, 0.1) is 0 Å². The van der Waals surface area contributed by atoms with Crippen LogP contribution in [0.3, 0.4) is 0 Å². The van der Waals surface area contributed by atoms with Gasteiger partial charge in [-0.1, -0.05) is 103 Å². The minimum absolute atomic E-state index is 0.0467. The SMILES string of the molecule is CCCCCCCCCCCCC(CNc1cccc(Cl)c1)Oc1ccc(O)c(C(C)(C)C)c1. The Hall–Kier alpha value is -1.87. The summed E-state index contributed by atoms with van der Waals surface area (Å²) in [7, 11) is 0. The molecule has 1 unspecified atom stereocenters. The van der Waals surface area contributed by atoms with Gasteiger partial charge in [0.2, 0.25) is 0 Å². The van der Waals surface area contributed by atoms with E-state index in [0.29, 0.717) is 12.3 Å². The Bertz CT molecular complexity index is 831. The molecule has 2 N–H and O–H groups in total. The lowest BCUT2D eigenvalue weighted by molar-refractivity contribution is 0.198. The Labute approximate surface area is 213 Å². The van der Waals surface area contributed by atoms with Crippen LogP contribution in [-0.2, 0) is 5.41 Å². The van der Waals surface area contributed by atoms with Crippen LogP contribution in [-0.4, -0.2) is 17.8 Å². The van der Waals surface area contributed by atoms with Crippen LogP contribution in [0.25, 0.3) is 0 Å². The second kappa shape index (κ2) is 15.2. The number of benzene rings is 2. The molecule has 2 rings (SSSR count). The van der Waals surface area contributed by atoms with E-state index in [-0.39, 0.29) is 11.5 Å². The molecule has 0 amide bonds. The molecule has 3 nitrogen and oxygen atoms in total. The van der Waals surface area contributed by atoms with Gasteiger partial charge in [0.15, 0.2) is 0 Å². The lowest BCUT2D eigenvalue weighted by atomic mass is 9.86. The zero-order valence-electron chi connectivity index (χ0n) is 21.8. The first-order chi connectivity index (χ1) is 16.3. The molecule has 0 fully saturated rings. The van der Waals surface area contributed by atoms with E-state index in [1.54, 1.807) is 6.07 Å². The van der Waals surface area contributed by atoms with Crippen molar-refractivity contribution in [3.8, 4) is 11.5 Å². The lowest BCUT2D eigenvalue weighted by Crippen LogP contribution is -2.26. The van der Waals surface area contributed by atoms with Crippen molar-refractivity contribution in [2.45, 2.75) is 110 Å². The average Bonchev–Trinajstić information content (AvgIpc) is 2.79. The zero-order valence-corrected chi connectivity index (χ0v) is 22.6. The van der Waals surface area contributed by atoms with Gasteiger partial charge in [-0.3, -0.25) is 0 Å². The number of phenols is 1. The van der Waals surface area contributed by atoms with Gasteiger partial charge in [-0.25, -0.2) is 0 Å². The monoisotopic (exact) mass is 487 g/mol. The van der Waals surface area contributed by atoms with Crippen molar-refractivity contribution in [2.75, 3.05) is 11.9 Å². The number of aromatic hydroxyl groups is 1. The lowest BCUT2D eigenvalue weighted by Gasteiger charge is -2.24. The summed E-state index contributed by atoms with van der Waals surface area (Å²) in [5.41, 5.74) is 1.77. The van der Waals surface area contributed by atoms with Crippen LogP contribution < -0.4 is 10.1 Å². The molecule has 0 saturated heterocycles. The summed E-state index contributed by atoms with van der Waals surface area (Å²) >= 11 is 6.15. The number of phenolic OH excluding ortho intramolecular Hbond substituents is 1. The molecule has 4 heteroatoms. The van der Waals surface area contributed by atoms with Crippen LogP contribution in [0.2, 0.25) is 5.02 Å². The molecule has 0 bridgehead atoms. The number of anilines is 1. The van der Waals surface area contributed by atoms with Crippen LogP contribution in [0.1, 0.15) is 104 Å². The maximum absolute atomic E-state index is 10.3. The molecule has 2 aromatic carbocycles. The predicted octanol–water partition coefficient (Wildman–Crippen LogP) is 9.51. The van der Waals surface area contributed by atoms with Crippen LogP contribution in [0.15, 0.2) is 42.5 Å². The van der Waals surface area contributed by atoms with Gasteiger partial charge in [0, 0.05) is 16.3 Å². The Morgan fingerprint density at radius 1 is 0.882 bits per heavy atom. The summed E-state index contributed by atoms with van der Waals surface area (Å²) in [4.78, 5) is 0. The summed E-state index contributed by atoms with van der Waals surface area (Å²) < 4.78 is 6.43. The highest BCUT2D eigenvalue weighted by molar-refractivity contribution is 6.30. The van der Waals surface area contributed by atoms with Crippen LogP contribution >= 0.6 is 11.6 Å². The number of rotatable bonds is 16. The third-order valence-corrected chi connectivity index (χ3v) is 6.55. The first-order valence-corrected chi connectivity index (χ1v) is 13.7. The van der Waals surface area contributed by atoms with Crippen molar-refractivity contribution in [1.82, 2.24) is 0 Å². The fraction of sp³-hybridized carbons (Fsp3) is 0.600. The molecule has 2 aromatic rings.